The van der Waals surface area contributed by atoms with Crippen molar-refractivity contribution in [3.05, 3.63) is 29.6 Å². The smallest absolute Gasteiger partial charge is 0.308 e. The van der Waals surface area contributed by atoms with Crippen molar-refractivity contribution in [1.82, 2.24) is 9.88 Å². The van der Waals surface area contributed by atoms with Gasteiger partial charge in [-0.25, -0.2) is 0 Å². The minimum Gasteiger partial charge on any atom is -0.481 e. The van der Waals surface area contributed by atoms with Crippen LogP contribution in [-0.4, -0.2) is 40.0 Å². The van der Waals surface area contributed by atoms with Gasteiger partial charge >= 0.3 is 5.97 Å². The second kappa shape index (κ2) is 5.82. The average molecular weight is 262 g/mol. The van der Waals surface area contributed by atoms with Crippen LogP contribution in [0.4, 0.5) is 0 Å². The fraction of sp³-hybridized carbons (Fsp3) is 0.500. The number of carboxylic acid groups (broad SMARTS) is 1. The second-order valence-electron chi connectivity index (χ2n) is 4.96. The van der Waals surface area contributed by atoms with Gasteiger partial charge in [0, 0.05) is 19.3 Å². The lowest BCUT2D eigenvalue weighted by atomic mass is 9.98. The number of likely N-dealkylation sites (tertiary alicyclic amines) is 1. The quantitative estimate of drug-likeness (QED) is 0.890. The number of aromatic nitrogens is 1. The normalized spacial score (nSPS) is 19.2. The summed E-state index contributed by atoms with van der Waals surface area (Å²) < 4.78 is 0. The Morgan fingerprint density at radius 2 is 2.32 bits per heavy atom. The molecule has 1 atom stereocenters. The fourth-order valence-corrected chi connectivity index (χ4v) is 2.36. The molecule has 0 aromatic carbocycles. The van der Waals surface area contributed by atoms with Crippen LogP contribution < -0.4 is 0 Å². The number of amides is 1. The van der Waals surface area contributed by atoms with Crippen molar-refractivity contribution < 1.29 is 14.7 Å². The highest BCUT2D eigenvalue weighted by atomic mass is 16.4. The van der Waals surface area contributed by atoms with E-state index in [1.165, 1.54) is 0 Å². The molecule has 1 fully saturated rings. The lowest BCUT2D eigenvalue weighted by Gasteiger charge is -2.30. The lowest BCUT2D eigenvalue weighted by Crippen LogP contribution is -2.43. The van der Waals surface area contributed by atoms with Crippen LogP contribution in [0.25, 0.3) is 0 Å². The summed E-state index contributed by atoms with van der Waals surface area (Å²) in [6.45, 7) is 2.89. The first-order valence-electron chi connectivity index (χ1n) is 6.49. The predicted molar refractivity (Wildman–Crippen MR) is 69.6 cm³/mol. The summed E-state index contributed by atoms with van der Waals surface area (Å²) >= 11 is 0. The maximum Gasteiger partial charge on any atom is 0.308 e. The SMILES string of the molecule is Cc1cccnc1CC(=O)N1CCCC(C(=O)O)C1. The van der Waals surface area contributed by atoms with Crippen LogP contribution in [0.2, 0.25) is 0 Å². The van der Waals surface area contributed by atoms with Crippen molar-refractivity contribution in [1.29, 1.82) is 0 Å². The molecule has 5 nitrogen and oxygen atoms in total. The highest BCUT2D eigenvalue weighted by molar-refractivity contribution is 5.80. The van der Waals surface area contributed by atoms with E-state index in [0.717, 1.165) is 17.7 Å². The van der Waals surface area contributed by atoms with Gasteiger partial charge in [0.25, 0.3) is 0 Å². The van der Waals surface area contributed by atoms with E-state index in [2.05, 4.69) is 4.98 Å². The number of hydrogen-bond acceptors (Lipinski definition) is 3. The zero-order valence-electron chi connectivity index (χ0n) is 11.0. The molecule has 1 unspecified atom stereocenters. The van der Waals surface area contributed by atoms with Crippen LogP contribution >= 0.6 is 0 Å². The molecule has 1 saturated heterocycles. The van der Waals surface area contributed by atoms with Gasteiger partial charge in [0.2, 0.25) is 5.91 Å². The van der Waals surface area contributed by atoms with E-state index in [1.54, 1.807) is 11.1 Å². The van der Waals surface area contributed by atoms with Gasteiger partial charge in [-0.2, -0.15) is 0 Å². The number of carboxylic acids is 1. The van der Waals surface area contributed by atoms with Crippen LogP contribution in [0.15, 0.2) is 18.3 Å². The van der Waals surface area contributed by atoms with Crippen LogP contribution in [-0.2, 0) is 16.0 Å². The number of nitrogens with zero attached hydrogens (tertiary/aromatic N) is 2. The van der Waals surface area contributed by atoms with E-state index in [4.69, 9.17) is 5.11 Å². The molecule has 1 aliphatic rings. The molecule has 102 valence electrons. The standard InChI is InChI=1S/C14H18N2O3/c1-10-4-2-6-15-12(10)8-13(17)16-7-3-5-11(9-16)14(18)19/h2,4,6,11H,3,5,7-9H2,1H3,(H,18,19). The Bertz CT molecular complexity index is 487. The number of hydrogen-bond donors (Lipinski definition) is 1. The molecule has 2 heterocycles. The molecule has 0 spiro atoms. The molecule has 1 N–H and O–H groups in total. The summed E-state index contributed by atoms with van der Waals surface area (Å²) in [7, 11) is 0. The van der Waals surface area contributed by atoms with Crippen LogP contribution in [0, 0.1) is 12.8 Å². The topological polar surface area (TPSA) is 70.5 Å². The molecule has 0 bridgehead atoms. The van der Waals surface area contributed by atoms with Crippen molar-refractivity contribution in [2.24, 2.45) is 5.92 Å². The first-order chi connectivity index (χ1) is 9.08. The monoisotopic (exact) mass is 262 g/mol. The van der Waals surface area contributed by atoms with Crippen LogP contribution in [0.1, 0.15) is 24.1 Å². The van der Waals surface area contributed by atoms with Crippen LogP contribution in [0.5, 0.6) is 0 Å². The summed E-state index contributed by atoms with van der Waals surface area (Å²) in [6, 6.07) is 3.76. The predicted octanol–water partition coefficient (Wildman–Crippen LogP) is 1.26. The number of aliphatic carboxylic acids is 1. The van der Waals surface area contributed by atoms with Gasteiger partial charge in [-0.15, -0.1) is 0 Å². The number of rotatable bonds is 3. The molecule has 1 aromatic rings. The Labute approximate surface area is 112 Å². The molecule has 0 aliphatic carbocycles. The Morgan fingerprint density at radius 3 is 3.00 bits per heavy atom. The first-order valence-corrected chi connectivity index (χ1v) is 6.49. The van der Waals surface area contributed by atoms with E-state index < -0.39 is 11.9 Å². The Hall–Kier alpha value is -1.91. The largest absolute Gasteiger partial charge is 0.481 e. The summed E-state index contributed by atoms with van der Waals surface area (Å²) in [4.78, 5) is 29.0. The third kappa shape index (κ3) is 3.30. The zero-order chi connectivity index (χ0) is 13.8. The number of piperidine rings is 1. The zero-order valence-corrected chi connectivity index (χ0v) is 11.0. The molecule has 1 amide bonds. The Kier molecular flexibility index (Phi) is 4.14. The van der Waals surface area contributed by atoms with Crippen LogP contribution in [0.3, 0.4) is 0 Å². The van der Waals surface area contributed by atoms with Gasteiger partial charge in [0.05, 0.1) is 18.0 Å². The highest BCUT2D eigenvalue weighted by Crippen LogP contribution is 2.17. The van der Waals surface area contributed by atoms with E-state index in [1.807, 2.05) is 19.1 Å². The van der Waals surface area contributed by atoms with Crippen molar-refractivity contribution >= 4 is 11.9 Å². The average Bonchev–Trinajstić information content (AvgIpc) is 2.41. The maximum absolute atomic E-state index is 12.2. The Balaban J connectivity index is 2.00. The molecular weight excluding hydrogens is 244 g/mol. The van der Waals surface area contributed by atoms with Crippen molar-refractivity contribution in [2.45, 2.75) is 26.2 Å². The van der Waals surface area contributed by atoms with Gasteiger partial charge in [0.15, 0.2) is 0 Å². The molecule has 19 heavy (non-hydrogen) atoms. The molecule has 0 radical (unpaired) electrons. The van der Waals surface area contributed by atoms with Gasteiger partial charge in [-0.05, 0) is 31.4 Å². The molecule has 0 saturated carbocycles. The molecule has 2 rings (SSSR count). The van der Waals surface area contributed by atoms with Crippen molar-refractivity contribution in [3.8, 4) is 0 Å². The minimum absolute atomic E-state index is 0.0345. The fourth-order valence-electron chi connectivity index (χ4n) is 2.36. The van der Waals surface area contributed by atoms with E-state index in [0.29, 0.717) is 19.5 Å². The van der Waals surface area contributed by atoms with E-state index in [-0.39, 0.29) is 12.3 Å². The first kappa shape index (κ1) is 13.5. The van der Waals surface area contributed by atoms with Gasteiger partial charge in [-0.3, -0.25) is 14.6 Å². The van der Waals surface area contributed by atoms with Gasteiger partial charge in [-0.1, -0.05) is 6.07 Å². The third-order valence-corrected chi connectivity index (χ3v) is 3.56. The maximum atomic E-state index is 12.2. The lowest BCUT2D eigenvalue weighted by molar-refractivity contribution is -0.145. The van der Waals surface area contributed by atoms with E-state index in [9.17, 15) is 9.59 Å². The molecule has 1 aromatic heterocycles. The second-order valence-corrected chi connectivity index (χ2v) is 4.96. The summed E-state index contributed by atoms with van der Waals surface area (Å²) in [5.41, 5.74) is 1.76. The number of carbonyl (C=O) groups excluding carboxylic acids is 1. The van der Waals surface area contributed by atoms with Crippen molar-refractivity contribution in [2.75, 3.05) is 13.1 Å². The highest BCUT2D eigenvalue weighted by Gasteiger charge is 2.28. The minimum atomic E-state index is -0.813. The van der Waals surface area contributed by atoms with E-state index >= 15 is 0 Å². The van der Waals surface area contributed by atoms with Gasteiger partial charge in [0.1, 0.15) is 0 Å². The summed E-state index contributed by atoms with van der Waals surface area (Å²) in [5.74, 6) is -1.28. The number of aryl methyl sites for hydroxylation is 1. The number of pyridine rings is 1. The molecule has 1 aliphatic heterocycles. The number of carbonyl (C=O) groups is 2. The molecular formula is C14H18N2O3. The molecule has 5 heteroatoms. The summed E-state index contributed by atoms with van der Waals surface area (Å²) in [5, 5.41) is 9.02. The van der Waals surface area contributed by atoms with Gasteiger partial charge < -0.3 is 10.0 Å². The third-order valence-electron chi connectivity index (χ3n) is 3.56. The Morgan fingerprint density at radius 1 is 1.53 bits per heavy atom. The summed E-state index contributed by atoms with van der Waals surface area (Å²) in [6.07, 6.45) is 3.33. The van der Waals surface area contributed by atoms with Crippen molar-refractivity contribution in [3.63, 3.8) is 0 Å².